The van der Waals surface area contributed by atoms with Crippen LogP contribution in [-0.4, -0.2) is 24.4 Å². The Labute approximate surface area is 194 Å². The van der Waals surface area contributed by atoms with Crippen molar-refractivity contribution in [1.29, 1.82) is 0 Å². The molecule has 0 saturated carbocycles. The second kappa shape index (κ2) is 8.52. The number of hydrogen-bond acceptors (Lipinski definition) is 2. The van der Waals surface area contributed by atoms with E-state index in [0.717, 1.165) is 46.2 Å². The third-order valence-corrected chi connectivity index (χ3v) is 7.29. The molecule has 0 amide bonds. The Balaban J connectivity index is 1.87. The van der Waals surface area contributed by atoms with Gasteiger partial charge in [-0.3, -0.25) is 0 Å². The molecule has 0 bridgehead atoms. The van der Waals surface area contributed by atoms with Gasteiger partial charge in [-0.15, -0.1) is 6.58 Å². The van der Waals surface area contributed by atoms with Crippen LogP contribution in [-0.2, 0) is 13.5 Å². The lowest BCUT2D eigenvalue weighted by Crippen LogP contribution is -2.45. The number of rotatable bonds is 7. The summed E-state index contributed by atoms with van der Waals surface area (Å²) in [6.45, 7) is 10.8. The molecule has 0 N–H and O–H groups in total. The minimum atomic E-state index is -1.85. The zero-order valence-electron chi connectivity index (χ0n) is 17.9. The van der Waals surface area contributed by atoms with Crippen molar-refractivity contribution in [3.05, 3.63) is 90.7 Å². The van der Waals surface area contributed by atoms with Crippen LogP contribution in [0.3, 0.4) is 0 Å². The molecule has 1 saturated heterocycles. The van der Waals surface area contributed by atoms with Gasteiger partial charge in [0.1, 0.15) is 0 Å². The highest BCUT2D eigenvalue weighted by Crippen LogP contribution is 2.60. The highest BCUT2D eigenvalue weighted by atomic mass is 127. The largest absolute Gasteiger partial charge is 0.521 e. The number of alkyl halides is 1. The van der Waals surface area contributed by atoms with Crippen LogP contribution in [0.5, 0.6) is 0 Å². The van der Waals surface area contributed by atoms with Gasteiger partial charge < -0.3 is 13.5 Å². The van der Waals surface area contributed by atoms with E-state index in [-0.39, 0.29) is 6.10 Å². The van der Waals surface area contributed by atoms with Gasteiger partial charge in [-0.25, -0.2) is 0 Å². The molecule has 2 aliphatic heterocycles. The second-order valence-electron chi connectivity index (χ2n) is 8.80. The van der Waals surface area contributed by atoms with Gasteiger partial charge in [-0.05, 0) is 31.8 Å². The fraction of sp³-hybridized carbons (Fsp3) is 0.320. The second-order valence-corrected chi connectivity index (χ2v) is 14.1. The number of benzene rings is 2. The topological polar surface area (TPSA) is 21.2 Å². The Bertz CT molecular complexity index is 922. The van der Waals surface area contributed by atoms with Crippen molar-refractivity contribution < 1.29 is 13.5 Å². The molecule has 3 nitrogen and oxygen atoms in total. The van der Waals surface area contributed by atoms with Crippen LogP contribution in [0.4, 0.5) is 0 Å². The number of hydrogen-bond donors (Lipinski definition) is 0. The van der Waals surface area contributed by atoms with Gasteiger partial charge in [0.2, 0.25) is 11.4 Å². The van der Waals surface area contributed by atoms with Crippen LogP contribution in [0.1, 0.15) is 24.0 Å². The summed E-state index contributed by atoms with van der Waals surface area (Å²) in [6, 6.07) is 20.9. The van der Waals surface area contributed by atoms with Crippen molar-refractivity contribution in [2.24, 2.45) is 0 Å². The summed E-state index contributed by atoms with van der Waals surface area (Å²) in [5, 5.41) is 0. The van der Waals surface area contributed by atoms with Gasteiger partial charge in [-0.2, -0.15) is 0 Å². The summed E-state index contributed by atoms with van der Waals surface area (Å²) in [5.41, 5.74) is 1.70. The molecule has 2 aromatic rings. The predicted octanol–water partition coefficient (Wildman–Crippen LogP) is 6.96. The molecular weight excluding hydrogens is 503 g/mol. The van der Waals surface area contributed by atoms with E-state index in [1.807, 2.05) is 18.2 Å². The molecular formula is C25H29IO3Si+. The van der Waals surface area contributed by atoms with E-state index in [4.69, 9.17) is 9.16 Å². The van der Waals surface area contributed by atoms with Crippen LogP contribution < -0.4 is 0 Å². The van der Waals surface area contributed by atoms with Crippen molar-refractivity contribution in [2.45, 2.75) is 44.2 Å². The lowest BCUT2D eigenvalue weighted by atomic mass is 9.95. The fourth-order valence-corrected chi connectivity index (χ4v) is 6.47. The maximum absolute atomic E-state index is 6.85. The lowest BCUT2D eigenvalue weighted by Gasteiger charge is -2.33. The summed E-state index contributed by atoms with van der Waals surface area (Å²) in [7, 11) is -1.85. The first kappa shape index (κ1) is 21.7. The summed E-state index contributed by atoms with van der Waals surface area (Å²) in [4.78, 5) is 0. The highest BCUT2D eigenvalue weighted by molar-refractivity contribution is 14.1. The Morgan fingerprint density at radius 3 is 2.23 bits per heavy atom. The molecule has 157 valence electrons. The van der Waals surface area contributed by atoms with Crippen LogP contribution in [0.25, 0.3) is 11.5 Å². The maximum atomic E-state index is 6.85. The van der Waals surface area contributed by atoms with Gasteiger partial charge in [0.25, 0.3) is 0 Å². The molecule has 2 aliphatic rings. The summed E-state index contributed by atoms with van der Waals surface area (Å²) >= 11 is 2.48. The summed E-state index contributed by atoms with van der Waals surface area (Å²) < 4.78 is 18.0. The highest BCUT2D eigenvalue weighted by Gasteiger charge is 2.69. The van der Waals surface area contributed by atoms with Crippen molar-refractivity contribution in [1.82, 2.24) is 0 Å². The monoisotopic (exact) mass is 532 g/mol. The van der Waals surface area contributed by atoms with E-state index in [1.54, 1.807) is 0 Å². The van der Waals surface area contributed by atoms with Crippen LogP contribution in [0, 0.1) is 6.29 Å². The van der Waals surface area contributed by atoms with Gasteiger partial charge in [0.15, 0.2) is 14.4 Å². The van der Waals surface area contributed by atoms with Gasteiger partial charge >= 0.3 is 12.0 Å². The normalized spacial score (nSPS) is 24.1. The van der Waals surface area contributed by atoms with Gasteiger partial charge in [-0.1, -0.05) is 77.2 Å². The quantitative estimate of drug-likeness (QED) is 0.126. The van der Waals surface area contributed by atoms with Crippen LogP contribution in [0.2, 0.25) is 19.6 Å². The van der Waals surface area contributed by atoms with E-state index in [2.05, 4.69) is 102 Å². The molecule has 1 fully saturated rings. The molecule has 0 aromatic heterocycles. The number of fused-ring (bicyclic) bond motifs is 1. The van der Waals surface area contributed by atoms with Crippen LogP contribution >= 0.6 is 22.6 Å². The molecule has 5 heteroatoms. The van der Waals surface area contributed by atoms with E-state index in [9.17, 15) is 0 Å². The third kappa shape index (κ3) is 3.99. The molecule has 30 heavy (non-hydrogen) atoms. The van der Waals surface area contributed by atoms with Crippen molar-refractivity contribution in [3.63, 3.8) is 0 Å². The van der Waals surface area contributed by atoms with Gasteiger partial charge in [0, 0.05) is 12.0 Å². The zero-order valence-corrected chi connectivity index (χ0v) is 21.0. The molecule has 1 radical (unpaired) electrons. The SMILES string of the molecule is C=CC[C@@]1(O[Si](C)(C)C)CC(CI)[O+]2[C]1OC(c1ccccc1)=C2c1ccccc1. The standard InChI is InChI=1S/C25H29IO3Si/c1-5-16-25(28-30(2,3)4)17-21(18-26)29-23(20-14-10-7-11-15-20)22(27-24(25)29)19-12-8-6-9-13-19/h5-15,21H,1,16-18H2,2-4H3/q+1/t21?,25-/m1/s1. The number of ether oxygens (including phenoxy) is 1. The predicted molar refractivity (Wildman–Crippen MR) is 134 cm³/mol. The Kier molecular flexibility index (Phi) is 6.15. The molecule has 2 aromatic carbocycles. The minimum absolute atomic E-state index is 0.230. The van der Waals surface area contributed by atoms with Crippen molar-refractivity contribution >= 4 is 42.4 Å². The first-order valence-corrected chi connectivity index (χ1v) is 15.3. The zero-order chi connectivity index (χ0) is 21.4. The Morgan fingerprint density at radius 2 is 1.70 bits per heavy atom. The molecule has 0 aliphatic carbocycles. The molecule has 0 spiro atoms. The molecule has 2 heterocycles. The fourth-order valence-electron chi connectivity index (χ4n) is 4.38. The minimum Gasteiger partial charge on any atom is -0.521 e. The van der Waals surface area contributed by atoms with Crippen molar-refractivity contribution in [2.75, 3.05) is 4.43 Å². The molecule has 2 atom stereocenters. The molecule has 4 rings (SSSR count). The molecule has 1 unspecified atom stereocenters. The van der Waals surface area contributed by atoms with E-state index >= 15 is 0 Å². The first-order valence-electron chi connectivity index (χ1n) is 10.4. The Morgan fingerprint density at radius 1 is 1.10 bits per heavy atom. The average molecular weight is 532 g/mol. The van der Waals surface area contributed by atoms with E-state index in [0.29, 0.717) is 0 Å². The first-order chi connectivity index (χ1) is 14.4. The smallest absolute Gasteiger partial charge is 0.511 e. The van der Waals surface area contributed by atoms with Crippen molar-refractivity contribution in [3.8, 4) is 0 Å². The number of halogens is 1. The lowest BCUT2D eigenvalue weighted by molar-refractivity contribution is -0.125. The Hall–Kier alpha value is -1.57. The third-order valence-electron chi connectivity index (χ3n) is 5.30. The summed E-state index contributed by atoms with van der Waals surface area (Å²) in [5.74, 6) is 1.94. The van der Waals surface area contributed by atoms with E-state index < -0.39 is 13.9 Å². The maximum Gasteiger partial charge on any atom is 0.511 e. The van der Waals surface area contributed by atoms with Crippen LogP contribution in [0.15, 0.2) is 73.3 Å². The van der Waals surface area contributed by atoms with E-state index in [1.165, 1.54) is 0 Å². The van der Waals surface area contributed by atoms with Gasteiger partial charge in [0.05, 0.1) is 16.4 Å². The summed E-state index contributed by atoms with van der Waals surface area (Å²) in [6.07, 6.45) is 4.66. The average Bonchev–Trinajstić information content (AvgIpc) is 3.25.